The van der Waals surface area contributed by atoms with Gasteiger partial charge in [-0.05, 0) is 12.8 Å². The van der Waals surface area contributed by atoms with E-state index in [-0.39, 0.29) is 13.0 Å². The van der Waals surface area contributed by atoms with Crippen molar-refractivity contribution in [2.75, 3.05) is 19.8 Å². The molecule has 0 aromatic rings. The van der Waals surface area contributed by atoms with E-state index < -0.39 is 63.1 Å². The Hall–Kier alpha value is -0.660. The maximum absolute atomic E-state index is 12.7. The average molecular weight is 727 g/mol. The quantitative estimate of drug-likeness (QED) is 0.0260. The van der Waals surface area contributed by atoms with E-state index in [2.05, 4.69) is 13.8 Å². The highest BCUT2D eigenvalue weighted by Gasteiger charge is 2.51. The molecular weight excluding hydrogens is 655 g/mol. The Labute approximate surface area is 295 Å². The molecule has 0 aromatic heterocycles. The van der Waals surface area contributed by atoms with E-state index in [0.717, 1.165) is 38.5 Å². The molecular formula is C36H71O12P. The molecule has 49 heavy (non-hydrogen) atoms. The molecule has 0 heterocycles. The Kier molecular flexibility index (Phi) is 27.3. The van der Waals surface area contributed by atoms with Crippen LogP contribution in [0.15, 0.2) is 0 Å². The Bertz CT molecular complexity index is 833. The molecule has 0 bridgehead atoms. The summed E-state index contributed by atoms with van der Waals surface area (Å²) in [5.74, 6) is -0.479. The third kappa shape index (κ3) is 22.1. The van der Waals surface area contributed by atoms with Crippen LogP contribution in [-0.4, -0.2) is 98.9 Å². The van der Waals surface area contributed by atoms with Gasteiger partial charge in [-0.15, -0.1) is 0 Å². The van der Waals surface area contributed by atoms with Gasteiger partial charge in [-0.3, -0.25) is 13.8 Å². The van der Waals surface area contributed by atoms with Gasteiger partial charge in [-0.25, -0.2) is 4.57 Å². The number of unbranched alkanes of at least 4 members (excludes halogenated alkanes) is 20. The predicted molar refractivity (Wildman–Crippen MR) is 189 cm³/mol. The van der Waals surface area contributed by atoms with Crippen molar-refractivity contribution < 1.29 is 58.3 Å². The molecule has 6 N–H and O–H groups in total. The average Bonchev–Trinajstić information content (AvgIpc) is 3.08. The van der Waals surface area contributed by atoms with Gasteiger partial charge in [0.1, 0.15) is 42.7 Å². The molecule has 292 valence electrons. The van der Waals surface area contributed by atoms with Crippen LogP contribution in [0.3, 0.4) is 0 Å². The second-order valence-corrected chi connectivity index (χ2v) is 15.2. The van der Waals surface area contributed by atoms with Crippen LogP contribution in [0, 0.1) is 0 Å². The number of esters is 1. The first-order valence-corrected chi connectivity index (χ1v) is 20.9. The Morgan fingerprint density at radius 3 is 1.41 bits per heavy atom. The molecule has 0 saturated heterocycles. The fourth-order valence-corrected chi connectivity index (χ4v) is 7.03. The maximum atomic E-state index is 12.7. The molecule has 0 aliphatic heterocycles. The van der Waals surface area contributed by atoms with Gasteiger partial charge in [-0.1, -0.05) is 142 Å². The van der Waals surface area contributed by atoms with Crippen LogP contribution in [-0.2, 0) is 27.9 Å². The summed E-state index contributed by atoms with van der Waals surface area (Å²) in [4.78, 5) is 22.9. The number of aliphatic hydroxyl groups is 5. The number of carbonyl (C=O) groups excluding carboxylic acids is 1. The zero-order chi connectivity index (χ0) is 36.3. The molecule has 1 aliphatic carbocycles. The summed E-state index contributed by atoms with van der Waals surface area (Å²) < 4.78 is 33.9. The van der Waals surface area contributed by atoms with Crippen molar-refractivity contribution in [3.63, 3.8) is 0 Å². The smallest absolute Gasteiger partial charge is 0.457 e. The molecule has 0 radical (unpaired) electrons. The van der Waals surface area contributed by atoms with Crippen molar-refractivity contribution in [3.8, 4) is 0 Å². The van der Waals surface area contributed by atoms with Crippen LogP contribution in [0.4, 0.5) is 0 Å². The maximum Gasteiger partial charge on any atom is 0.472 e. The minimum absolute atomic E-state index is 0.0694. The van der Waals surface area contributed by atoms with E-state index in [1.807, 2.05) is 0 Å². The lowest BCUT2D eigenvalue weighted by Gasteiger charge is -2.41. The molecule has 1 saturated carbocycles. The van der Waals surface area contributed by atoms with Crippen molar-refractivity contribution in [1.29, 1.82) is 0 Å². The number of phosphoric acid groups is 1. The number of aliphatic hydroxyl groups excluding tert-OH is 5. The highest BCUT2D eigenvalue weighted by molar-refractivity contribution is 7.47. The molecule has 6 unspecified atom stereocenters. The third-order valence-corrected chi connectivity index (χ3v) is 10.2. The summed E-state index contributed by atoms with van der Waals surface area (Å²) in [7, 11) is -5.00. The van der Waals surface area contributed by atoms with E-state index >= 15 is 0 Å². The second-order valence-electron chi connectivity index (χ2n) is 13.8. The molecule has 0 spiro atoms. The molecule has 12 nitrogen and oxygen atoms in total. The highest BCUT2D eigenvalue weighted by Crippen LogP contribution is 2.47. The lowest BCUT2D eigenvalue weighted by atomic mass is 9.85. The number of hydrogen-bond acceptors (Lipinski definition) is 11. The number of ether oxygens (including phenoxy) is 2. The van der Waals surface area contributed by atoms with Crippen LogP contribution in [0.2, 0.25) is 0 Å². The molecule has 0 amide bonds. The van der Waals surface area contributed by atoms with Crippen molar-refractivity contribution in [2.24, 2.45) is 0 Å². The van der Waals surface area contributed by atoms with Gasteiger partial charge in [-0.2, -0.15) is 0 Å². The molecule has 6 atom stereocenters. The van der Waals surface area contributed by atoms with Crippen LogP contribution in [0.1, 0.15) is 162 Å². The highest BCUT2D eigenvalue weighted by atomic mass is 31.2. The lowest BCUT2D eigenvalue weighted by molar-refractivity contribution is -0.220. The fraction of sp³-hybridized carbons (Fsp3) is 0.972. The fourth-order valence-electron chi connectivity index (χ4n) is 6.06. The Morgan fingerprint density at radius 1 is 0.571 bits per heavy atom. The first-order chi connectivity index (χ1) is 23.5. The molecule has 1 fully saturated rings. The minimum atomic E-state index is -5.00. The minimum Gasteiger partial charge on any atom is -0.457 e. The first-order valence-electron chi connectivity index (χ1n) is 19.4. The van der Waals surface area contributed by atoms with Gasteiger partial charge in [0.05, 0.1) is 13.2 Å². The van der Waals surface area contributed by atoms with Gasteiger partial charge >= 0.3 is 13.8 Å². The second kappa shape index (κ2) is 28.9. The van der Waals surface area contributed by atoms with Crippen LogP contribution in [0.25, 0.3) is 0 Å². The largest absolute Gasteiger partial charge is 0.472 e. The summed E-state index contributed by atoms with van der Waals surface area (Å²) in [6, 6.07) is 0. The monoisotopic (exact) mass is 726 g/mol. The summed E-state index contributed by atoms with van der Waals surface area (Å²) in [6.07, 6.45) is 13.4. The van der Waals surface area contributed by atoms with Crippen molar-refractivity contribution in [2.45, 2.75) is 204 Å². The van der Waals surface area contributed by atoms with Gasteiger partial charge in [0.2, 0.25) is 0 Å². The lowest BCUT2D eigenvalue weighted by Crippen LogP contribution is -2.64. The SMILES string of the molecule is CCCCCCCCCCCCCCCOCC(COP(=O)(O)OC1C(O)C(O)C(O)C(O)C1O)OC(=O)CCCCCCCCCCC. The standard InChI is InChI=1S/C36H71O12P/c1-3-5-7-9-11-13-14-15-16-18-20-22-24-26-45-27-29(47-30(37)25-23-21-19-17-12-10-8-6-4-2)28-46-49(43,44)48-36-34(41)32(39)31(38)33(40)35(36)42/h29,31-36,38-42H,3-28H2,1-2H3,(H,43,44). The van der Waals surface area contributed by atoms with Crippen molar-refractivity contribution in [3.05, 3.63) is 0 Å². The van der Waals surface area contributed by atoms with E-state index in [4.69, 9.17) is 18.5 Å². The van der Waals surface area contributed by atoms with E-state index in [0.29, 0.717) is 13.0 Å². The summed E-state index contributed by atoms with van der Waals surface area (Å²) in [5, 5.41) is 49.9. The van der Waals surface area contributed by atoms with Crippen molar-refractivity contribution >= 4 is 13.8 Å². The van der Waals surface area contributed by atoms with Gasteiger partial charge in [0, 0.05) is 13.0 Å². The Morgan fingerprint density at radius 2 is 0.959 bits per heavy atom. The number of rotatable bonds is 32. The van der Waals surface area contributed by atoms with Gasteiger partial charge in [0.15, 0.2) is 0 Å². The summed E-state index contributed by atoms with van der Waals surface area (Å²) >= 11 is 0. The summed E-state index contributed by atoms with van der Waals surface area (Å²) in [6.45, 7) is 4.22. The molecule has 0 aromatic carbocycles. The first kappa shape index (κ1) is 46.4. The van der Waals surface area contributed by atoms with E-state index in [1.165, 1.54) is 96.3 Å². The van der Waals surface area contributed by atoms with Crippen LogP contribution < -0.4 is 0 Å². The zero-order valence-electron chi connectivity index (χ0n) is 30.5. The molecule has 1 aliphatic rings. The van der Waals surface area contributed by atoms with E-state index in [1.54, 1.807) is 0 Å². The van der Waals surface area contributed by atoms with E-state index in [9.17, 15) is 39.8 Å². The third-order valence-electron chi connectivity index (χ3n) is 9.23. The van der Waals surface area contributed by atoms with Crippen LogP contribution in [0.5, 0.6) is 0 Å². The number of carbonyl (C=O) groups is 1. The van der Waals surface area contributed by atoms with Gasteiger partial charge < -0.3 is 39.9 Å². The number of hydrogen-bond donors (Lipinski definition) is 6. The normalized spacial score (nSPS) is 24.5. The Balaban J connectivity index is 2.46. The summed E-state index contributed by atoms with van der Waals surface area (Å²) in [5.41, 5.74) is 0. The van der Waals surface area contributed by atoms with Gasteiger partial charge in [0.25, 0.3) is 0 Å². The molecule has 13 heteroatoms. The van der Waals surface area contributed by atoms with Crippen LogP contribution >= 0.6 is 7.82 Å². The number of phosphoric ester groups is 1. The zero-order valence-corrected chi connectivity index (χ0v) is 31.4. The topological polar surface area (TPSA) is 192 Å². The molecule has 1 rings (SSSR count). The van der Waals surface area contributed by atoms with Crippen molar-refractivity contribution in [1.82, 2.24) is 0 Å². The predicted octanol–water partition coefficient (Wildman–Crippen LogP) is 6.25.